The van der Waals surface area contributed by atoms with E-state index in [4.69, 9.17) is 14.2 Å². The van der Waals surface area contributed by atoms with Crippen molar-refractivity contribution in [1.29, 1.82) is 0 Å². The molecule has 0 saturated carbocycles. The van der Waals surface area contributed by atoms with E-state index >= 15 is 0 Å². The van der Waals surface area contributed by atoms with E-state index in [0.29, 0.717) is 19.3 Å². The summed E-state index contributed by atoms with van der Waals surface area (Å²) >= 11 is 0. The van der Waals surface area contributed by atoms with E-state index in [1.54, 1.807) is 0 Å². The van der Waals surface area contributed by atoms with Crippen molar-refractivity contribution < 1.29 is 28.6 Å². The fourth-order valence-corrected chi connectivity index (χ4v) is 6.41. The van der Waals surface area contributed by atoms with Gasteiger partial charge in [0.25, 0.3) is 0 Å². The van der Waals surface area contributed by atoms with Gasteiger partial charge in [-0.05, 0) is 89.9 Å². The Labute approximate surface area is 386 Å². The number of hydrogen-bond acceptors (Lipinski definition) is 6. The van der Waals surface area contributed by atoms with Crippen molar-refractivity contribution in [1.82, 2.24) is 0 Å². The predicted molar refractivity (Wildman–Crippen MR) is 269 cm³/mol. The molecule has 6 nitrogen and oxygen atoms in total. The van der Waals surface area contributed by atoms with Crippen LogP contribution in [0.4, 0.5) is 0 Å². The standard InChI is InChI=1S/C57H90O6/c1-4-7-10-13-16-19-22-25-26-27-28-29-30-33-35-38-41-44-47-50-56(59)62-53-54(63-57(60)51-48-45-42-39-36-32-24-21-18-15-12-9-6-3)52-61-55(58)49-46-43-40-37-34-31-23-20-17-14-11-8-5-2/h7-12,14-21,23-26,32,36,54H,4-6,13,22,27-31,33-35,37-53H2,1-3H3/b10-7+,11-8+,12-9+,17-14+,18-15+,19-16+,23-20+,24-21+,26-25+,36-32+. The summed E-state index contributed by atoms with van der Waals surface area (Å²) in [4.78, 5) is 37.9. The number of ether oxygens (including phenoxy) is 3. The first-order valence-corrected chi connectivity index (χ1v) is 25.1. The molecule has 0 aliphatic rings. The topological polar surface area (TPSA) is 78.9 Å². The summed E-state index contributed by atoms with van der Waals surface area (Å²) in [6.07, 6.45) is 69.0. The van der Waals surface area contributed by atoms with Crippen LogP contribution in [0.5, 0.6) is 0 Å². The molecular formula is C57H90O6. The molecule has 0 amide bonds. The molecule has 0 aromatic rings. The normalized spacial score (nSPS) is 13.1. The summed E-state index contributed by atoms with van der Waals surface area (Å²) in [6.45, 7) is 6.18. The largest absolute Gasteiger partial charge is 0.462 e. The average molecular weight is 871 g/mol. The summed E-state index contributed by atoms with van der Waals surface area (Å²) in [6, 6.07) is 0. The second kappa shape index (κ2) is 50.5. The zero-order chi connectivity index (χ0) is 45.8. The van der Waals surface area contributed by atoms with Gasteiger partial charge in [-0.15, -0.1) is 0 Å². The molecule has 0 aromatic carbocycles. The molecule has 354 valence electrons. The molecule has 0 bridgehead atoms. The van der Waals surface area contributed by atoms with Gasteiger partial charge in [0.1, 0.15) is 13.2 Å². The Balaban J connectivity index is 4.45. The molecule has 1 atom stereocenters. The quantitative estimate of drug-likeness (QED) is 0.0200. The lowest BCUT2D eigenvalue weighted by molar-refractivity contribution is -0.167. The third-order valence-corrected chi connectivity index (χ3v) is 10.1. The van der Waals surface area contributed by atoms with Crippen LogP contribution in [0.3, 0.4) is 0 Å². The Bertz CT molecular complexity index is 1370. The van der Waals surface area contributed by atoms with Gasteiger partial charge in [0, 0.05) is 19.3 Å². The fraction of sp³-hybridized carbons (Fsp3) is 0.596. The van der Waals surface area contributed by atoms with Crippen LogP contribution in [0, 0.1) is 0 Å². The first kappa shape index (κ1) is 58.8. The Morgan fingerprint density at radius 3 is 1.10 bits per heavy atom. The molecule has 0 saturated heterocycles. The van der Waals surface area contributed by atoms with Gasteiger partial charge in [-0.25, -0.2) is 0 Å². The Hall–Kier alpha value is -4.19. The Morgan fingerprint density at radius 2 is 0.651 bits per heavy atom. The first-order chi connectivity index (χ1) is 31.0. The maximum atomic E-state index is 12.8. The molecule has 6 heteroatoms. The molecule has 0 spiro atoms. The number of allylic oxidation sites excluding steroid dienone is 20. The van der Waals surface area contributed by atoms with Gasteiger partial charge < -0.3 is 14.2 Å². The maximum Gasteiger partial charge on any atom is 0.306 e. The second-order valence-electron chi connectivity index (χ2n) is 16.1. The molecule has 0 rings (SSSR count). The minimum absolute atomic E-state index is 0.107. The number of carbonyl (C=O) groups is 3. The molecule has 0 radical (unpaired) electrons. The van der Waals surface area contributed by atoms with Gasteiger partial charge in [0.05, 0.1) is 0 Å². The lowest BCUT2D eigenvalue weighted by Crippen LogP contribution is -2.30. The molecule has 1 unspecified atom stereocenters. The third-order valence-electron chi connectivity index (χ3n) is 10.1. The van der Waals surface area contributed by atoms with Gasteiger partial charge in [0.15, 0.2) is 6.10 Å². The molecule has 0 aliphatic carbocycles. The van der Waals surface area contributed by atoms with Crippen molar-refractivity contribution in [2.24, 2.45) is 0 Å². The fourth-order valence-electron chi connectivity index (χ4n) is 6.41. The van der Waals surface area contributed by atoms with Crippen LogP contribution in [0.15, 0.2) is 122 Å². The highest BCUT2D eigenvalue weighted by atomic mass is 16.6. The second-order valence-corrected chi connectivity index (χ2v) is 16.1. The van der Waals surface area contributed by atoms with E-state index in [9.17, 15) is 14.4 Å². The zero-order valence-electron chi connectivity index (χ0n) is 40.3. The molecule has 0 aromatic heterocycles. The molecule has 0 heterocycles. The molecule has 0 fully saturated rings. The number of carbonyl (C=O) groups excluding carboxylic acids is 3. The maximum absolute atomic E-state index is 12.8. The van der Waals surface area contributed by atoms with Gasteiger partial charge in [-0.3, -0.25) is 14.4 Å². The van der Waals surface area contributed by atoms with E-state index in [1.807, 2.05) is 42.5 Å². The number of unbranched alkanes of at least 4 members (excludes halogenated alkanes) is 17. The van der Waals surface area contributed by atoms with Gasteiger partial charge in [-0.2, -0.15) is 0 Å². The molecule has 0 aliphatic heterocycles. The van der Waals surface area contributed by atoms with Crippen LogP contribution in [0.1, 0.15) is 201 Å². The van der Waals surface area contributed by atoms with Crippen LogP contribution < -0.4 is 0 Å². The molecule has 63 heavy (non-hydrogen) atoms. The van der Waals surface area contributed by atoms with Crippen molar-refractivity contribution in [3.8, 4) is 0 Å². The van der Waals surface area contributed by atoms with Crippen molar-refractivity contribution in [3.63, 3.8) is 0 Å². The van der Waals surface area contributed by atoms with Crippen LogP contribution in [-0.2, 0) is 28.6 Å². The van der Waals surface area contributed by atoms with Crippen molar-refractivity contribution in [3.05, 3.63) is 122 Å². The summed E-state index contributed by atoms with van der Waals surface area (Å²) < 4.78 is 16.7. The van der Waals surface area contributed by atoms with E-state index in [1.165, 1.54) is 38.5 Å². The van der Waals surface area contributed by atoms with Crippen LogP contribution >= 0.6 is 0 Å². The van der Waals surface area contributed by atoms with Crippen molar-refractivity contribution >= 4 is 17.9 Å². The lowest BCUT2D eigenvalue weighted by Gasteiger charge is -2.18. The van der Waals surface area contributed by atoms with E-state index in [2.05, 4.69) is 99.8 Å². The monoisotopic (exact) mass is 871 g/mol. The van der Waals surface area contributed by atoms with Crippen molar-refractivity contribution in [2.75, 3.05) is 13.2 Å². The minimum Gasteiger partial charge on any atom is -0.462 e. The van der Waals surface area contributed by atoms with Gasteiger partial charge >= 0.3 is 17.9 Å². The lowest BCUT2D eigenvalue weighted by atomic mass is 10.1. The van der Waals surface area contributed by atoms with E-state index < -0.39 is 6.10 Å². The third kappa shape index (κ3) is 48.7. The highest BCUT2D eigenvalue weighted by Crippen LogP contribution is 2.14. The predicted octanol–water partition coefficient (Wildman–Crippen LogP) is 16.5. The Kier molecular flexibility index (Phi) is 47.1. The number of rotatable bonds is 43. The average Bonchev–Trinajstić information content (AvgIpc) is 3.28. The van der Waals surface area contributed by atoms with Crippen molar-refractivity contribution in [2.45, 2.75) is 207 Å². The van der Waals surface area contributed by atoms with Crippen LogP contribution in [0.25, 0.3) is 0 Å². The zero-order valence-corrected chi connectivity index (χ0v) is 40.3. The van der Waals surface area contributed by atoms with Gasteiger partial charge in [0.2, 0.25) is 0 Å². The number of hydrogen-bond donors (Lipinski definition) is 0. The summed E-state index contributed by atoms with van der Waals surface area (Å²) in [5.74, 6) is -0.982. The van der Waals surface area contributed by atoms with E-state index in [0.717, 1.165) is 116 Å². The Morgan fingerprint density at radius 1 is 0.333 bits per heavy atom. The molecular weight excluding hydrogens is 781 g/mol. The highest BCUT2D eigenvalue weighted by molar-refractivity contribution is 5.71. The SMILES string of the molecule is CC/C=C/C=C/C=C/C=C/CCCCCC(=O)OC(COC(=O)CCCCCCC/C=C/C=C/C=C/CC)COC(=O)CCCCCCCCCCC/C=C/C/C=C/C/C=C/CC. The van der Waals surface area contributed by atoms with E-state index in [-0.39, 0.29) is 37.5 Å². The summed E-state index contributed by atoms with van der Waals surface area (Å²) in [7, 11) is 0. The van der Waals surface area contributed by atoms with Gasteiger partial charge in [-0.1, -0.05) is 213 Å². The minimum atomic E-state index is -0.812. The molecule has 0 N–H and O–H groups in total. The summed E-state index contributed by atoms with van der Waals surface area (Å²) in [5, 5.41) is 0. The smallest absolute Gasteiger partial charge is 0.306 e. The number of esters is 3. The van der Waals surface area contributed by atoms with Crippen LogP contribution in [-0.4, -0.2) is 37.2 Å². The summed E-state index contributed by atoms with van der Waals surface area (Å²) in [5.41, 5.74) is 0. The van der Waals surface area contributed by atoms with Crippen LogP contribution in [0.2, 0.25) is 0 Å². The first-order valence-electron chi connectivity index (χ1n) is 25.1. The highest BCUT2D eigenvalue weighted by Gasteiger charge is 2.19.